The van der Waals surface area contributed by atoms with Gasteiger partial charge >= 0.3 is 11.9 Å². The summed E-state index contributed by atoms with van der Waals surface area (Å²) in [5.41, 5.74) is 0. The van der Waals surface area contributed by atoms with Crippen molar-refractivity contribution >= 4 is 23.9 Å². The molecular formula is C14H20N2O8. The number of rotatable bonds is 4. The molecule has 3 aliphatic heterocycles. The van der Waals surface area contributed by atoms with Gasteiger partial charge in [0.25, 0.3) is 0 Å². The zero-order valence-electron chi connectivity index (χ0n) is 12.9. The van der Waals surface area contributed by atoms with Crippen LogP contribution in [0.25, 0.3) is 0 Å². The van der Waals surface area contributed by atoms with Crippen LogP contribution in [0.5, 0.6) is 0 Å². The molecule has 0 radical (unpaired) electrons. The number of piperazine rings is 3. The van der Waals surface area contributed by atoms with E-state index >= 15 is 0 Å². The van der Waals surface area contributed by atoms with Crippen LogP contribution in [-0.2, 0) is 19.2 Å². The van der Waals surface area contributed by atoms with E-state index < -0.39 is 23.9 Å². The highest BCUT2D eigenvalue weighted by Crippen LogP contribution is 1.68. The van der Waals surface area contributed by atoms with Crippen LogP contribution in [-0.4, -0.2) is 73.4 Å². The monoisotopic (exact) mass is 344 g/mol. The predicted molar refractivity (Wildman–Crippen MR) is 74.7 cm³/mol. The fraction of sp³-hybridized carbons (Fsp3) is 0.429. The molecule has 0 aromatic carbocycles. The molecule has 0 spiro atoms. The minimum atomic E-state index is -1.51. The molecule has 3 heterocycles. The van der Waals surface area contributed by atoms with E-state index in [4.69, 9.17) is 10.2 Å². The van der Waals surface area contributed by atoms with E-state index in [1.807, 2.05) is 9.80 Å². The highest BCUT2D eigenvalue weighted by Gasteiger charge is 2.29. The number of carbonyl (C=O) groups is 4. The van der Waals surface area contributed by atoms with Crippen LogP contribution in [0.3, 0.4) is 0 Å². The van der Waals surface area contributed by atoms with Crippen molar-refractivity contribution in [3.8, 4) is 0 Å². The Morgan fingerprint density at radius 3 is 0.958 bits per heavy atom. The van der Waals surface area contributed by atoms with Crippen molar-refractivity contribution in [2.75, 3.05) is 39.3 Å². The summed E-state index contributed by atoms with van der Waals surface area (Å²) in [5, 5.41) is 34.5. The van der Waals surface area contributed by atoms with Crippen molar-refractivity contribution in [1.82, 2.24) is 0 Å². The van der Waals surface area contributed by atoms with Gasteiger partial charge in [0.15, 0.2) is 0 Å². The number of fused-ring (bicyclic) bond motifs is 3. The maximum Gasteiger partial charge on any atom is 0.328 e. The molecule has 0 amide bonds. The number of nitrogens with one attached hydrogen (secondary N) is 2. The van der Waals surface area contributed by atoms with Crippen molar-refractivity contribution in [1.29, 1.82) is 0 Å². The molecule has 3 rings (SSSR count). The number of aliphatic carboxylic acids is 4. The average Bonchev–Trinajstić information content (AvgIpc) is 2.54. The maximum atomic E-state index is 9.53. The van der Waals surface area contributed by atoms with Gasteiger partial charge in [-0.3, -0.25) is 0 Å². The Morgan fingerprint density at radius 2 is 0.875 bits per heavy atom. The summed E-state index contributed by atoms with van der Waals surface area (Å²) in [6.07, 6.45) is 1.88. The first kappa shape index (κ1) is 21.3. The second-order valence-corrected chi connectivity index (χ2v) is 4.98. The average molecular weight is 344 g/mol. The van der Waals surface area contributed by atoms with E-state index in [0.717, 1.165) is 0 Å². The van der Waals surface area contributed by atoms with Gasteiger partial charge in [-0.1, -0.05) is 0 Å². The summed E-state index contributed by atoms with van der Waals surface area (Å²) in [5.74, 6) is -5.61. The quantitative estimate of drug-likeness (QED) is 0.366. The molecule has 0 aromatic heterocycles. The molecule has 24 heavy (non-hydrogen) atoms. The van der Waals surface area contributed by atoms with Crippen molar-refractivity contribution in [2.45, 2.75) is 0 Å². The van der Waals surface area contributed by atoms with Gasteiger partial charge in [-0.05, 0) is 12.2 Å². The van der Waals surface area contributed by atoms with Crippen LogP contribution in [0.1, 0.15) is 0 Å². The Kier molecular flexibility index (Phi) is 10.5. The Morgan fingerprint density at radius 1 is 0.625 bits per heavy atom. The summed E-state index contributed by atoms with van der Waals surface area (Å²) in [4.78, 5) is 41.6. The van der Waals surface area contributed by atoms with Crippen LogP contribution >= 0.6 is 0 Å². The molecule has 0 unspecified atom stereocenters. The number of hydrogen-bond donors (Lipinski definition) is 4. The molecule has 3 fully saturated rings. The lowest BCUT2D eigenvalue weighted by atomic mass is 10.2. The van der Waals surface area contributed by atoms with Crippen molar-refractivity contribution in [3.05, 3.63) is 24.3 Å². The van der Waals surface area contributed by atoms with Gasteiger partial charge in [-0.2, -0.15) is 0 Å². The van der Waals surface area contributed by atoms with E-state index in [1.165, 1.54) is 39.3 Å². The Bertz CT molecular complexity index is 418. The minimum Gasteiger partial charge on any atom is -0.545 e. The summed E-state index contributed by atoms with van der Waals surface area (Å²) in [7, 11) is 0. The molecule has 10 heteroatoms. The zero-order chi connectivity index (χ0) is 18.5. The number of quaternary nitrogens is 2. The Hall–Kier alpha value is -2.72. The first-order valence-electron chi connectivity index (χ1n) is 7.11. The Balaban J connectivity index is 0.000000331. The number of carboxylic acid groups (broad SMARTS) is 4. The third-order valence-corrected chi connectivity index (χ3v) is 3.22. The normalized spacial score (nSPS) is 21.3. The number of hydrogen-bond acceptors (Lipinski definition) is 6. The molecule has 10 nitrogen and oxygen atoms in total. The topological polar surface area (TPSA) is 164 Å². The van der Waals surface area contributed by atoms with Crippen molar-refractivity contribution < 1.29 is 49.4 Å². The van der Waals surface area contributed by atoms with Gasteiger partial charge in [0.1, 0.15) is 39.3 Å². The fourth-order valence-electron chi connectivity index (χ4n) is 2.09. The van der Waals surface area contributed by atoms with Crippen molar-refractivity contribution in [3.63, 3.8) is 0 Å². The van der Waals surface area contributed by atoms with Crippen LogP contribution in [0.4, 0.5) is 0 Å². The van der Waals surface area contributed by atoms with Gasteiger partial charge in [0.2, 0.25) is 0 Å². The summed E-state index contributed by atoms with van der Waals surface area (Å²) >= 11 is 0. The van der Waals surface area contributed by atoms with E-state index in [-0.39, 0.29) is 0 Å². The number of carboxylic acids is 4. The standard InChI is InChI=1S/C6H12N2.2C4H4O4/c1-2-8-5-3-7(1)4-6-8;2*5-3(6)1-2-4(7)8/h1-6H2;2*1-2H,(H,5,6)(H,7,8)/b;2*2-1+. The van der Waals surface area contributed by atoms with Crippen molar-refractivity contribution in [2.24, 2.45) is 0 Å². The lowest BCUT2D eigenvalue weighted by Crippen LogP contribution is -3.35. The van der Waals surface area contributed by atoms with E-state index in [1.54, 1.807) is 0 Å². The molecule has 3 saturated heterocycles. The van der Waals surface area contributed by atoms with Gasteiger partial charge in [-0.25, -0.2) is 9.59 Å². The summed E-state index contributed by atoms with van der Waals surface area (Å²) < 4.78 is 0. The maximum absolute atomic E-state index is 9.53. The first-order valence-corrected chi connectivity index (χ1v) is 7.11. The number of carbonyl (C=O) groups excluding carboxylic acids is 2. The minimum absolute atomic E-state index is 0.447. The second-order valence-electron chi connectivity index (χ2n) is 4.98. The van der Waals surface area contributed by atoms with Gasteiger partial charge in [-0.15, -0.1) is 0 Å². The fourth-order valence-corrected chi connectivity index (χ4v) is 2.09. The lowest BCUT2D eigenvalue weighted by molar-refractivity contribution is -1.06. The van der Waals surface area contributed by atoms with E-state index in [0.29, 0.717) is 24.3 Å². The van der Waals surface area contributed by atoms with Gasteiger partial charge in [0, 0.05) is 12.2 Å². The zero-order valence-corrected chi connectivity index (χ0v) is 12.9. The van der Waals surface area contributed by atoms with Crippen LogP contribution in [0.15, 0.2) is 24.3 Å². The van der Waals surface area contributed by atoms with E-state index in [9.17, 15) is 29.4 Å². The molecule has 134 valence electrons. The molecule has 4 N–H and O–H groups in total. The summed E-state index contributed by atoms with van der Waals surface area (Å²) in [6, 6.07) is 0. The largest absolute Gasteiger partial charge is 0.545 e. The van der Waals surface area contributed by atoms with Gasteiger partial charge < -0.3 is 39.8 Å². The first-order chi connectivity index (χ1) is 11.2. The van der Waals surface area contributed by atoms with Crippen LogP contribution in [0.2, 0.25) is 0 Å². The lowest BCUT2D eigenvalue weighted by Gasteiger charge is -2.35. The van der Waals surface area contributed by atoms with Gasteiger partial charge in [0.05, 0.1) is 11.9 Å². The predicted octanol–water partition coefficient (Wildman–Crippen LogP) is -6.46. The van der Waals surface area contributed by atoms with E-state index in [2.05, 4.69) is 0 Å². The Labute approximate surface area is 137 Å². The molecule has 2 bridgehead atoms. The molecule has 0 aliphatic carbocycles. The third kappa shape index (κ3) is 13.0. The molecule has 0 aromatic rings. The molecule has 0 atom stereocenters. The van der Waals surface area contributed by atoms with Crippen LogP contribution < -0.4 is 20.0 Å². The summed E-state index contributed by atoms with van der Waals surface area (Å²) in [6.45, 7) is 8.64. The molecule has 3 aliphatic rings. The molecular weight excluding hydrogens is 324 g/mol. The molecule has 0 saturated carbocycles. The highest BCUT2D eigenvalue weighted by molar-refractivity contribution is 5.89. The van der Waals surface area contributed by atoms with Crippen LogP contribution in [0, 0.1) is 0 Å². The smallest absolute Gasteiger partial charge is 0.328 e. The second kappa shape index (κ2) is 11.8. The third-order valence-electron chi connectivity index (χ3n) is 3.22. The highest BCUT2D eigenvalue weighted by atomic mass is 16.4. The SMILES string of the molecule is C1C[NH+]2CC[NH+]1CC2.O=C([O-])/C=C/C(=O)O.O=C([O-])/C=C/C(=O)O.